The quantitative estimate of drug-likeness (QED) is 0.726. The summed E-state index contributed by atoms with van der Waals surface area (Å²) in [5.41, 5.74) is 1.66. The maximum atomic E-state index is 11.6. The van der Waals surface area contributed by atoms with Crippen molar-refractivity contribution in [3.63, 3.8) is 0 Å². The minimum absolute atomic E-state index is 0.317. The zero-order valence-corrected chi connectivity index (χ0v) is 14.4. The molecule has 1 unspecified atom stereocenters. The lowest BCUT2D eigenvalue weighted by molar-refractivity contribution is 0.0342. The lowest BCUT2D eigenvalue weighted by Gasteiger charge is -2.28. The lowest BCUT2D eigenvalue weighted by Crippen LogP contribution is -2.41. The summed E-state index contributed by atoms with van der Waals surface area (Å²) in [7, 11) is 1.40. The molecule has 3 heterocycles. The molecule has 0 bridgehead atoms. The second kappa shape index (κ2) is 8.55. The Morgan fingerprint density at radius 3 is 2.83 bits per heavy atom. The summed E-state index contributed by atoms with van der Waals surface area (Å²) in [6, 6.07) is 1.91. The van der Waals surface area contributed by atoms with E-state index in [1.807, 2.05) is 12.3 Å². The van der Waals surface area contributed by atoms with Crippen molar-refractivity contribution in [3.05, 3.63) is 29.6 Å². The molecule has 3 rings (SSSR count). The van der Waals surface area contributed by atoms with Crippen molar-refractivity contribution in [3.8, 4) is 0 Å². The van der Waals surface area contributed by atoms with E-state index in [0.29, 0.717) is 11.5 Å². The van der Waals surface area contributed by atoms with Crippen LogP contribution in [0.2, 0.25) is 0 Å². The third kappa shape index (κ3) is 4.75. The Labute approximate surface area is 143 Å². The number of nitrogens with zero attached hydrogens (tertiary/aromatic N) is 3. The van der Waals surface area contributed by atoms with Crippen molar-refractivity contribution in [2.24, 2.45) is 5.92 Å². The number of morpholine rings is 1. The molecule has 1 aromatic heterocycles. The van der Waals surface area contributed by atoms with Crippen molar-refractivity contribution in [2.75, 3.05) is 59.6 Å². The SMILES string of the molecule is COC(=O)c1cncc(CC2CCN(CCN3CCOCC3)C2)c1. The van der Waals surface area contributed by atoms with Crippen LogP contribution in [0.25, 0.3) is 0 Å². The minimum Gasteiger partial charge on any atom is -0.465 e. The van der Waals surface area contributed by atoms with E-state index in [4.69, 9.17) is 9.47 Å². The van der Waals surface area contributed by atoms with Gasteiger partial charge in [0.05, 0.1) is 25.9 Å². The van der Waals surface area contributed by atoms with Crippen molar-refractivity contribution < 1.29 is 14.3 Å². The van der Waals surface area contributed by atoms with Crippen molar-refractivity contribution in [1.82, 2.24) is 14.8 Å². The summed E-state index contributed by atoms with van der Waals surface area (Å²) in [5.74, 6) is 0.326. The van der Waals surface area contributed by atoms with E-state index in [0.717, 1.165) is 57.9 Å². The highest BCUT2D eigenvalue weighted by molar-refractivity contribution is 5.89. The van der Waals surface area contributed by atoms with Crippen LogP contribution >= 0.6 is 0 Å². The number of likely N-dealkylation sites (tertiary alicyclic amines) is 1. The minimum atomic E-state index is -0.317. The molecule has 1 aromatic rings. The van der Waals surface area contributed by atoms with Crippen LogP contribution in [-0.2, 0) is 15.9 Å². The number of hydrogen-bond acceptors (Lipinski definition) is 6. The molecule has 132 valence electrons. The van der Waals surface area contributed by atoms with Crippen LogP contribution < -0.4 is 0 Å². The maximum Gasteiger partial charge on any atom is 0.339 e. The van der Waals surface area contributed by atoms with Crippen molar-refractivity contribution >= 4 is 5.97 Å². The second-order valence-electron chi connectivity index (χ2n) is 6.69. The third-order valence-corrected chi connectivity index (χ3v) is 4.95. The average molecular weight is 333 g/mol. The number of rotatable bonds is 6. The Balaban J connectivity index is 1.45. The van der Waals surface area contributed by atoms with Gasteiger partial charge in [-0.2, -0.15) is 0 Å². The van der Waals surface area contributed by atoms with Crippen LogP contribution in [0.3, 0.4) is 0 Å². The number of hydrogen-bond donors (Lipinski definition) is 0. The van der Waals surface area contributed by atoms with Gasteiger partial charge < -0.3 is 14.4 Å². The van der Waals surface area contributed by atoms with Crippen LogP contribution in [0.1, 0.15) is 22.3 Å². The fourth-order valence-electron chi connectivity index (χ4n) is 3.55. The van der Waals surface area contributed by atoms with Gasteiger partial charge in [0.2, 0.25) is 0 Å². The summed E-state index contributed by atoms with van der Waals surface area (Å²) in [6.45, 7) is 8.42. The van der Waals surface area contributed by atoms with Gasteiger partial charge in [-0.05, 0) is 36.9 Å². The van der Waals surface area contributed by atoms with Gasteiger partial charge in [-0.3, -0.25) is 9.88 Å². The number of pyridine rings is 1. The largest absolute Gasteiger partial charge is 0.465 e. The van der Waals surface area contributed by atoms with Crippen LogP contribution in [0.15, 0.2) is 18.5 Å². The summed E-state index contributed by atoms with van der Waals surface area (Å²) >= 11 is 0. The van der Waals surface area contributed by atoms with Crippen molar-refractivity contribution in [2.45, 2.75) is 12.8 Å². The Morgan fingerprint density at radius 1 is 1.25 bits per heavy atom. The molecule has 0 amide bonds. The van der Waals surface area contributed by atoms with Crippen LogP contribution in [0.4, 0.5) is 0 Å². The molecule has 0 saturated carbocycles. The number of carbonyl (C=O) groups is 1. The van der Waals surface area contributed by atoms with Gasteiger partial charge in [-0.25, -0.2) is 4.79 Å². The first kappa shape index (κ1) is 17.3. The van der Waals surface area contributed by atoms with Gasteiger partial charge in [0, 0.05) is 45.1 Å². The van der Waals surface area contributed by atoms with Gasteiger partial charge in [-0.1, -0.05) is 0 Å². The van der Waals surface area contributed by atoms with E-state index < -0.39 is 0 Å². The fraction of sp³-hybridized carbons (Fsp3) is 0.667. The molecule has 2 aliphatic rings. The molecular weight excluding hydrogens is 306 g/mol. The van der Waals surface area contributed by atoms with Gasteiger partial charge in [0.15, 0.2) is 0 Å². The molecule has 0 aromatic carbocycles. The summed E-state index contributed by atoms with van der Waals surface area (Å²) in [5, 5.41) is 0. The second-order valence-corrected chi connectivity index (χ2v) is 6.69. The standard InChI is InChI=1S/C18H27N3O3/c1-23-18(22)17-11-16(12-19-13-17)10-15-2-3-21(14-15)5-4-20-6-8-24-9-7-20/h11-13,15H,2-10,14H2,1H3. The highest BCUT2D eigenvalue weighted by Gasteiger charge is 2.23. The van der Waals surface area contributed by atoms with Crippen LogP contribution in [0, 0.1) is 5.92 Å². The summed E-state index contributed by atoms with van der Waals surface area (Å²) < 4.78 is 10.2. The Hall–Kier alpha value is -1.50. The third-order valence-electron chi connectivity index (χ3n) is 4.95. The number of carbonyl (C=O) groups excluding carboxylic acids is 1. The predicted molar refractivity (Wildman–Crippen MR) is 91.1 cm³/mol. The monoisotopic (exact) mass is 333 g/mol. The van der Waals surface area contributed by atoms with Crippen molar-refractivity contribution in [1.29, 1.82) is 0 Å². The number of aromatic nitrogens is 1. The lowest BCUT2D eigenvalue weighted by atomic mass is 9.99. The molecule has 0 N–H and O–H groups in total. The van der Waals surface area contributed by atoms with E-state index in [-0.39, 0.29) is 5.97 Å². The first-order valence-corrected chi connectivity index (χ1v) is 8.79. The molecule has 1 atom stereocenters. The fourth-order valence-corrected chi connectivity index (χ4v) is 3.55. The maximum absolute atomic E-state index is 11.6. The normalized spacial score (nSPS) is 22.6. The molecule has 6 nitrogen and oxygen atoms in total. The number of esters is 1. The number of methoxy groups -OCH3 is 1. The zero-order valence-electron chi connectivity index (χ0n) is 14.4. The molecule has 24 heavy (non-hydrogen) atoms. The highest BCUT2D eigenvalue weighted by Crippen LogP contribution is 2.21. The van der Waals surface area contributed by atoms with Gasteiger partial charge in [0.1, 0.15) is 0 Å². The van der Waals surface area contributed by atoms with Gasteiger partial charge in [-0.15, -0.1) is 0 Å². The van der Waals surface area contributed by atoms with Crippen LogP contribution in [0.5, 0.6) is 0 Å². The molecule has 2 saturated heterocycles. The first-order valence-electron chi connectivity index (χ1n) is 8.79. The summed E-state index contributed by atoms with van der Waals surface area (Å²) in [4.78, 5) is 20.8. The first-order chi connectivity index (χ1) is 11.7. The van der Waals surface area contributed by atoms with E-state index >= 15 is 0 Å². The van der Waals surface area contributed by atoms with E-state index in [1.54, 1.807) is 6.20 Å². The van der Waals surface area contributed by atoms with E-state index in [9.17, 15) is 4.79 Å². The molecule has 2 fully saturated rings. The topological polar surface area (TPSA) is 54.9 Å². The number of ether oxygens (including phenoxy) is 2. The van der Waals surface area contributed by atoms with Gasteiger partial charge >= 0.3 is 5.97 Å². The van der Waals surface area contributed by atoms with E-state index in [1.165, 1.54) is 20.1 Å². The Morgan fingerprint density at radius 2 is 2.04 bits per heavy atom. The highest BCUT2D eigenvalue weighted by atomic mass is 16.5. The molecular formula is C18H27N3O3. The van der Waals surface area contributed by atoms with E-state index in [2.05, 4.69) is 14.8 Å². The molecule has 0 spiro atoms. The zero-order chi connectivity index (χ0) is 16.8. The molecule has 0 radical (unpaired) electrons. The Bertz CT molecular complexity index is 546. The average Bonchev–Trinajstić information content (AvgIpc) is 3.08. The summed E-state index contributed by atoms with van der Waals surface area (Å²) in [6.07, 6.45) is 5.62. The molecule has 0 aliphatic carbocycles. The Kier molecular flexibility index (Phi) is 6.18. The molecule has 6 heteroatoms. The predicted octanol–water partition coefficient (Wildman–Crippen LogP) is 1.06. The van der Waals surface area contributed by atoms with Gasteiger partial charge in [0.25, 0.3) is 0 Å². The van der Waals surface area contributed by atoms with Crippen LogP contribution in [-0.4, -0.2) is 80.3 Å². The smallest absolute Gasteiger partial charge is 0.339 e. The molecule has 2 aliphatic heterocycles.